The Kier molecular flexibility index (Phi) is 3.64. The highest BCUT2D eigenvalue weighted by molar-refractivity contribution is 6.84. The molecule has 0 unspecified atom stereocenters. The molecule has 0 bridgehead atoms. The van der Waals surface area contributed by atoms with Gasteiger partial charge in [-0.05, 0) is 0 Å². The largest absolute Gasteiger partial charge is 0.400 e. The first kappa shape index (κ1) is 8.43. The second-order valence-electron chi connectivity index (χ2n) is 2.26. The zero-order chi connectivity index (χ0) is 6.62. The van der Waals surface area contributed by atoms with E-state index in [-0.39, 0.29) is 12.5 Å². The van der Waals surface area contributed by atoms with E-state index >= 15 is 0 Å². The summed E-state index contributed by atoms with van der Waals surface area (Å²) in [6.45, 7) is 1.86. The van der Waals surface area contributed by atoms with Crippen molar-refractivity contribution in [3.8, 4) is 0 Å². The second-order valence-corrected chi connectivity index (χ2v) is 7.58. The number of hydrogen-bond donors (Lipinski definition) is 2. The zero-order valence-electron chi connectivity index (χ0n) is 4.89. The maximum absolute atomic E-state index is 8.60. The van der Waals surface area contributed by atoms with Crippen molar-refractivity contribution < 1.29 is 10.2 Å². The molecule has 0 amide bonds. The van der Waals surface area contributed by atoms with Crippen molar-refractivity contribution in [1.29, 1.82) is 0 Å². The minimum Gasteiger partial charge on any atom is -0.400 e. The summed E-state index contributed by atoms with van der Waals surface area (Å²) in [5.41, 5.74) is 0.431. The van der Waals surface area contributed by atoms with Crippen molar-refractivity contribution in [3.05, 3.63) is 0 Å². The van der Waals surface area contributed by atoms with E-state index in [2.05, 4.69) is 0 Å². The number of rotatable bonds is 3. The Labute approximate surface area is 55.1 Å². The van der Waals surface area contributed by atoms with Crippen LogP contribution in [0.15, 0.2) is 0 Å². The van der Waals surface area contributed by atoms with Crippen LogP contribution in [0.5, 0.6) is 0 Å². The van der Waals surface area contributed by atoms with E-state index in [1.807, 2.05) is 6.55 Å². The van der Waals surface area contributed by atoms with E-state index in [1.54, 1.807) is 0 Å². The maximum atomic E-state index is 8.60. The molecule has 50 valence electrons. The Morgan fingerprint density at radius 2 is 1.75 bits per heavy atom. The second kappa shape index (κ2) is 3.45. The van der Waals surface area contributed by atoms with Crippen LogP contribution in [-0.2, 0) is 0 Å². The summed E-state index contributed by atoms with van der Waals surface area (Å²) in [6.07, 6.45) is 0.153. The molecule has 0 radical (unpaired) electrons. The molecule has 0 saturated carbocycles. The van der Waals surface area contributed by atoms with Crippen LogP contribution in [0.4, 0.5) is 0 Å². The lowest BCUT2D eigenvalue weighted by atomic mass is 11.6. The molecule has 0 saturated heterocycles. The van der Waals surface area contributed by atoms with Crippen molar-refractivity contribution in [2.75, 3.05) is 18.0 Å². The average Bonchev–Trinajstić information content (AvgIpc) is 1.87. The van der Waals surface area contributed by atoms with Crippen LogP contribution in [0.2, 0.25) is 6.55 Å². The molecule has 2 N–H and O–H groups in total. The lowest BCUT2D eigenvalue weighted by Crippen LogP contribution is -2.42. The molecule has 0 aliphatic carbocycles. The number of hydrogen-bond acceptors (Lipinski definition) is 2. The molecule has 8 heavy (non-hydrogen) atoms. The van der Waals surface area contributed by atoms with E-state index in [1.165, 1.54) is 0 Å². The van der Waals surface area contributed by atoms with Gasteiger partial charge in [-0.2, -0.15) is 0 Å². The van der Waals surface area contributed by atoms with Crippen LogP contribution in [0.3, 0.4) is 0 Å². The molecule has 4 heteroatoms. The SMILES string of the molecule is C[Si](CO)(CO)CCl. The van der Waals surface area contributed by atoms with E-state index in [0.717, 1.165) is 0 Å². The van der Waals surface area contributed by atoms with Gasteiger partial charge in [0.25, 0.3) is 0 Å². The van der Waals surface area contributed by atoms with Gasteiger partial charge in [-0.1, -0.05) is 6.55 Å². The summed E-state index contributed by atoms with van der Waals surface area (Å²) in [6, 6.07) is 0. The fourth-order valence-corrected chi connectivity index (χ4v) is 0.911. The van der Waals surface area contributed by atoms with Gasteiger partial charge in [0.1, 0.15) is 8.07 Å². The van der Waals surface area contributed by atoms with Crippen LogP contribution in [0.25, 0.3) is 0 Å². The van der Waals surface area contributed by atoms with Crippen molar-refractivity contribution >= 4 is 19.7 Å². The lowest BCUT2D eigenvalue weighted by molar-refractivity contribution is 0.322. The van der Waals surface area contributed by atoms with Gasteiger partial charge in [0.05, 0.1) is 0 Å². The average molecular weight is 155 g/mol. The summed E-state index contributed by atoms with van der Waals surface area (Å²) in [5, 5.41) is 17.2. The normalized spacial score (nSPS) is 12.0. The number of alkyl halides is 1. The van der Waals surface area contributed by atoms with Crippen LogP contribution in [0.1, 0.15) is 0 Å². The number of aliphatic hydroxyl groups excluding tert-OH is 2. The molecule has 0 aliphatic rings. The van der Waals surface area contributed by atoms with Crippen molar-refractivity contribution in [2.45, 2.75) is 6.55 Å². The minimum atomic E-state index is -1.79. The fraction of sp³-hybridized carbons (Fsp3) is 1.00. The Bertz CT molecular complexity index is 56.8. The maximum Gasteiger partial charge on any atom is 0.124 e. The predicted octanol–water partition coefficient (Wildman–Crippen LogP) is -0.0940. The quantitative estimate of drug-likeness (QED) is 0.441. The third kappa shape index (κ3) is 2.13. The molecule has 0 spiro atoms. The standard InChI is InChI=1S/C4H11ClO2Si/c1-8(2-5,3-6)4-7/h6-7H,2-4H2,1H3. The zero-order valence-corrected chi connectivity index (χ0v) is 6.65. The summed E-state index contributed by atoms with van der Waals surface area (Å²) in [4.78, 5) is 0. The molecule has 2 nitrogen and oxygen atoms in total. The van der Waals surface area contributed by atoms with Gasteiger partial charge in [-0.3, -0.25) is 0 Å². The molecule has 0 aromatic rings. The predicted molar refractivity (Wildman–Crippen MR) is 36.5 cm³/mol. The smallest absolute Gasteiger partial charge is 0.124 e. The lowest BCUT2D eigenvalue weighted by Gasteiger charge is -2.16. The Morgan fingerprint density at radius 3 is 1.75 bits per heavy atom. The molecular formula is C4H11ClO2Si. The van der Waals surface area contributed by atoms with Gasteiger partial charge in [0.2, 0.25) is 0 Å². The van der Waals surface area contributed by atoms with Gasteiger partial charge in [-0.25, -0.2) is 0 Å². The van der Waals surface area contributed by atoms with Crippen molar-refractivity contribution in [3.63, 3.8) is 0 Å². The van der Waals surface area contributed by atoms with Gasteiger partial charge in [0.15, 0.2) is 0 Å². The molecular weight excluding hydrogens is 144 g/mol. The van der Waals surface area contributed by atoms with Crippen LogP contribution < -0.4 is 0 Å². The highest BCUT2D eigenvalue weighted by Gasteiger charge is 2.23. The molecule has 0 heterocycles. The molecule has 0 rings (SSSR count). The van der Waals surface area contributed by atoms with Crippen LogP contribution >= 0.6 is 11.6 Å². The van der Waals surface area contributed by atoms with E-state index in [9.17, 15) is 0 Å². The topological polar surface area (TPSA) is 40.5 Å². The number of halogens is 1. The third-order valence-electron chi connectivity index (χ3n) is 1.09. The Hall–Kier alpha value is 0.427. The van der Waals surface area contributed by atoms with Gasteiger partial charge >= 0.3 is 0 Å². The van der Waals surface area contributed by atoms with Crippen LogP contribution in [-0.4, -0.2) is 36.3 Å². The van der Waals surface area contributed by atoms with E-state index in [0.29, 0.717) is 5.50 Å². The summed E-state index contributed by atoms with van der Waals surface area (Å²) in [5.74, 6) is 0. The summed E-state index contributed by atoms with van der Waals surface area (Å²) >= 11 is 5.45. The molecule has 0 aliphatic heterocycles. The highest BCUT2D eigenvalue weighted by atomic mass is 35.5. The Morgan fingerprint density at radius 1 is 1.38 bits per heavy atom. The van der Waals surface area contributed by atoms with Crippen molar-refractivity contribution in [2.24, 2.45) is 0 Å². The molecule has 0 aromatic heterocycles. The van der Waals surface area contributed by atoms with Gasteiger partial charge in [-0.15, -0.1) is 11.6 Å². The summed E-state index contributed by atoms with van der Waals surface area (Å²) < 4.78 is 0. The first-order valence-corrected chi connectivity index (χ1v) is 6.12. The number of aliphatic hydroxyl groups is 2. The van der Waals surface area contributed by atoms with Crippen molar-refractivity contribution in [1.82, 2.24) is 0 Å². The van der Waals surface area contributed by atoms with Gasteiger partial charge < -0.3 is 10.2 Å². The first-order chi connectivity index (χ1) is 3.68. The minimum absolute atomic E-state index is 0.0764. The summed E-state index contributed by atoms with van der Waals surface area (Å²) in [7, 11) is -1.79. The van der Waals surface area contributed by atoms with E-state index < -0.39 is 8.07 Å². The monoisotopic (exact) mass is 154 g/mol. The molecule has 0 fully saturated rings. The Balaban J connectivity index is 3.58. The van der Waals surface area contributed by atoms with Gasteiger partial charge in [0, 0.05) is 18.0 Å². The fourth-order valence-electron chi connectivity index (χ4n) is 0.135. The highest BCUT2D eigenvalue weighted by Crippen LogP contribution is 2.01. The van der Waals surface area contributed by atoms with Crippen LogP contribution in [0, 0.1) is 0 Å². The molecule has 0 aromatic carbocycles. The van der Waals surface area contributed by atoms with E-state index in [4.69, 9.17) is 21.8 Å². The third-order valence-corrected chi connectivity index (χ3v) is 5.19. The first-order valence-electron chi connectivity index (χ1n) is 2.46. The molecule has 0 atom stereocenters.